The molecule has 0 spiro atoms. The predicted octanol–water partition coefficient (Wildman–Crippen LogP) is 1.31. The molecular weight excluding hydrogens is 202 g/mol. The topological polar surface area (TPSA) is 52.5 Å². The summed E-state index contributed by atoms with van der Waals surface area (Å²) in [7, 11) is 0. The third-order valence-electron chi connectivity index (χ3n) is 2.77. The van der Waals surface area contributed by atoms with Crippen molar-refractivity contribution in [3.8, 4) is 0 Å². The van der Waals surface area contributed by atoms with Crippen molar-refractivity contribution in [2.75, 3.05) is 19.7 Å². The van der Waals surface area contributed by atoms with E-state index in [0.717, 1.165) is 18.5 Å². The molecule has 90 valence electrons. The second-order valence-corrected chi connectivity index (χ2v) is 4.14. The number of aryl methyl sites for hydroxylation is 2. The van der Waals surface area contributed by atoms with Gasteiger partial charge in [0.1, 0.15) is 0 Å². The number of aliphatic hydroxyl groups is 2. The molecule has 0 aliphatic carbocycles. The lowest BCUT2D eigenvalue weighted by Crippen LogP contribution is -2.23. The molecule has 3 nitrogen and oxygen atoms in total. The van der Waals surface area contributed by atoms with E-state index < -0.39 is 6.10 Å². The zero-order chi connectivity index (χ0) is 12.0. The highest BCUT2D eigenvalue weighted by Gasteiger charge is 2.07. The van der Waals surface area contributed by atoms with Crippen LogP contribution < -0.4 is 5.32 Å². The molecule has 1 aromatic rings. The first-order valence-electron chi connectivity index (χ1n) is 5.72. The van der Waals surface area contributed by atoms with E-state index in [2.05, 4.69) is 12.2 Å². The van der Waals surface area contributed by atoms with E-state index in [1.807, 2.05) is 25.1 Å². The van der Waals surface area contributed by atoms with E-state index in [-0.39, 0.29) is 6.61 Å². The number of benzene rings is 1. The highest BCUT2D eigenvalue weighted by Crippen LogP contribution is 2.16. The Kier molecular flexibility index (Phi) is 5.46. The minimum absolute atomic E-state index is 0.187. The van der Waals surface area contributed by atoms with Crippen LogP contribution in [-0.4, -0.2) is 29.9 Å². The summed E-state index contributed by atoms with van der Waals surface area (Å²) >= 11 is 0. The zero-order valence-electron chi connectivity index (χ0n) is 10.0. The summed E-state index contributed by atoms with van der Waals surface area (Å²) < 4.78 is 0. The van der Waals surface area contributed by atoms with Crippen LogP contribution in [0.5, 0.6) is 0 Å². The summed E-state index contributed by atoms with van der Waals surface area (Å²) in [6, 6.07) is 6.01. The maximum atomic E-state index is 9.91. The number of hydrogen-bond acceptors (Lipinski definition) is 3. The molecule has 3 heteroatoms. The van der Waals surface area contributed by atoms with Crippen LogP contribution in [0.15, 0.2) is 18.2 Å². The van der Waals surface area contributed by atoms with E-state index in [9.17, 15) is 5.11 Å². The van der Waals surface area contributed by atoms with Gasteiger partial charge >= 0.3 is 0 Å². The van der Waals surface area contributed by atoms with Gasteiger partial charge in [-0.05, 0) is 43.5 Å². The van der Waals surface area contributed by atoms with Gasteiger partial charge in [0.15, 0.2) is 0 Å². The van der Waals surface area contributed by atoms with Crippen molar-refractivity contribution in [3.05, 3.63) is 34.9 Å². The molecule has 0 amide bonds. The Morgan fingerprint density at radius 2 is 2.00 bits per heavy atom. The number of nitrogens with one attached hydrogen (secondary N) is 1. The first-order chi connectivity index (χ1) is 7.65. The lowest BCUT2D eigenvalue weighted by Gasteiger charge is -2.13. The van der Waals surface area contributed by atoms with E-state index in [1.54, 1.807) is 0 Å². The fourth-order valence-electron chi connectivity index (χ4n) is 1.53. The molecule has 0 radical (unpaired) electrons. The van der Waals surface area contributed by atoms with E-state index in [1.165, 1.54) is 11.1 Å². The Morgan fingerprint density at radius 1 is 1.25 bits per heavy atom. The second-order valence-electron chi connectivity index (χ2n) is 4.14. The van der Waals surface area contributed by atoms with Crippen molar-refractivity contribution in [2.45, 2.75) is 26.4 Å². The quantitative estimate of drug-likeness (QED) is 0.637. The van der Waals surface area contributed by atoms with Crippen molar-refractivity contribution in [2.24, 2.45) is 0 Å². The van der Waals surface area contributed by atoms with Crippen LogP contribution in [0.3, 0.4) is 0 Å². The van der Waals surface area contributed by atoms with Gasteiger partial charge in [0, 0.05) is 13.2 Å². The van der Waals surface area contributed by atoms with Gasteiger partial charge in [0.2, 0.25) is 0 Å². The lowest BCUT2D eigenvalue weighted by atomic mass is 10.0. The van der Waals surface area contributed by atoms with Gasteiger partial charge in [-0.15, -0.1) is 0 Å². The molecule has 0 fully saturated rings. The highest BCUT2D eigenvalue weighted by molar-refractivity contribution is 5.31. The van der Waals surface area contributed by atoms with E-state index in [0.29, 0.717) is 6.54 Å². The molecule has 3 N–H and O–H groups in total. The third-order valence-corrected chi connectivity index (χ3v) is 2.77. The molecule has 0 saturated heterocycles. The first-order valence-corrected chi connectivity index (χ1v) is 5.72. The second kappa shape index (κ2) is 6.63. The van der Waals surface area contributed by atoms with Crippen LogP contribution in [0.1, 0.15) is 29.2 Å². The third kappa shape index (κ3) is 3.93. The predicted molar refractivity (Wildman–Crippen MR) is 65.4 cm³/mol. The Morgan fingerprint density at radius 3 is 2.62 bits per heavy atom. The van der Waals surface area contributed by atoms with Crippen molar-refractivity contribution in [3.63, 3.8) is 0 Å². The van der Waals surface area contributed by atoms with Crippen molar-refractivity contribution < 1.29 is 10.2 Å². The maximum absolute atomic E-state index is 9.91. The largest absolute Gasteiger partial charge is 0.396 e. The summed E-state index contributed by atoms with van der Waals surface area (Å²) in [6.07, 6.45) is 0.248. The molecule has 1 atom stereocenters. The Labute approximate surface area is 97.1 Å². The van der Waals surface area contributed by atoms with E-state index in [4.69, 9.17) is 5.11 Å². The van der Waals surface area contributed by atoms with Crippen molar-refractivity contribution in [1.29, 1.82) is 0 Å². The molecule has 0 aromatic heterocycles. The average Bonchev–Trinajstić information content (AvgIpc) is 2.28. The fourth-order valence-corrected chi connectivity index (χ4v) is 1.53. The van der Waals surface area contributed by atoms with Crippen LogP contribution in [-0.2, 0) is 0 Å². The van der Waals surface area contributed by atoms with Crippen LogP contribution >= 0.6 is 0 Å². The Balaban J connectivity index is 2.46. The molecule has 0 aliphatic rings. The molecule has 1 aromatic carbocycles. The van der Waals surface area contributed by atoms with Gasteiger partial charge in [-0.1, -0.05) is 18.2 Å². The summed E-state index contributed by atoms with van der Waals surface area (Å²) in [6.45, 7) is 5.56. The van der Waals surface area contributed by atoms with Crippen LogP contribution in [0.25, 0.3) is 0 Å². The average molecular weight is 223 g/mol. The first kappa shape index (κ1) is 13.2. The minimum atomic E-state index is -0.474. The van der Waals surface area contributed by atoms with Crippen LogP contribution in [0.2, 0.25) is 0 Å². The molecule has 0 saturated carbocycles. The summed E-state index contributed by atoms with van der Waals surface area (Å²) in [5, 5.41) is 21.6. The molecule has 0 heterocycles. The summed E-state index contributed by atoms with van der Waals surface area (Å²) in [5.41, 5.74) is 3.38. The van der Waals surface area contributed by atoms with Gasteiger partial charge in [0.25, 0.3) is 0 Å². The fraction of sp³-hybridized carbons (Fsp3) is 0.538. The summed E-state index contributed by atoms with van der Waals surface area (Å²) in [5.74, 6) is 0. The van der Waals surface area contributed by atoms with E-state index >= 15 is 0 Å². The van der Waals surface area contributed by atoms with Crippen LogP contribution in [0, 0.1) is 13.8 Å². The summed E-state index contributed by atoms with van der Waals surface area (Å²) in [4.78, 5) is 0. The monoisotopic (exact) mass is 223 g/mol. The molecule has 16 heavy (non-hydrogen) atoms. The highest BCUT2D eigenvalue weighted by atomic mass is 16.3. The SMILES string of the molecule is Cc1ccc(C(O)CNCCCO)cc1C. The minimum Gasteiger partial charge on any atom is -0.396 e. The van der Waals surface area contributed by atoms with Gasteiger partial charge in [-0.2, -0.15) is 0 Å². The number of aliphatic hydroxyl groups excluding tert-OH is 2. The number of hydrogen-bond donors (Lipinski definition) is 3. The molecule has 0 aliphatic heterocycles. The normalized spacial score (nSPS) is 12.8. The van der Waals surface area contributed by atoms with Crippen molar-refractivity contribution in [1.82, 2.24) is 5.32 Å². The standard InChI is InChI=1S/C13H21NO2/c1-10-4-5-12(8-11(10)2)13(16)9-14-6-3-7-15/h4-5,8,13-16H,3,6-7,9H2,1-2H3. The van der Waals surface area contributed by atoms with Crippen molar-refractivity contribution >= 4 is 0 Å². The smallest absolute Gasteiger partial charge is 0.0914 e. The Hall–Kier alpha value is -0.900. The van der Waals surface area contributed by atoms with Gasteiger partial charge in [-0.25, -0.2) is 0 Å². The maximum Gasteiger partial charge on any atom is 0.0914 e. The van der Waals surface area contributed by atoms with Gasteiger partial charge in [-0.3, -0.25) is 0 Å². The Bertz CT molecular complexity index is 326. The van der Waals surface area contributed by atoms with Crippen LogP contribution in [0.4, 0.5) is 0 Å². The molecule has 1 rings (SSSR count). The molecule has 0 bridgehead atoms. The van der Waals surface area contributed by atoms with Gasteiger partial charge < -0.3 is 15.5 Å². The number of rotatable bonds is 6. The molecule has 1 unspecified atom stereocenters. The molecular formula is C13H21NO2. The zero-order valence-corrected chi connectivity index (χ0v) is 10.0. The lowest BCUT2D eigenvalue weighted by molar-refractivity contribution is 0.173. The van der Waals surface area contributed by atoms with Gasteiger partial charge in [0.05, 0.1) is 6.10 Å².